The van der Waals surface area contributed by atoms with Crippen LogP contribution < -0.4 is 15.4 Å². The van der Waals surface area contributed by atoms with Gasteiger partial charge in [-0.1, -0.05) is 43.3 Å². The Labute approximate surface area is 162 Å². The first-order valence-electron chi connectivity index (χ1n) is 9.60. The summed E-state index contributed by atoms with van der Waals surface area (Å²) in [7, 11) is 0. The average molecular weight is 370 g/mol. The third-order valence-corrected chi connectivity index (χ3v) is 4.17. The zero-order chi connectivity index (χ0) is 19.5. The first kappa shape index (κ1) is 20.8. The molecule has 0 spiro atoms. The van der Waals surface area contributed by atoms with E-state index < -0.39 is 0 Å². The van der Waals surface area contributed by atoms with Crippen LogP contribution in [0, 0.1) is 6.92 Å². The molecule has 5 heteroatoms. The predicted octanol–water partition coefficient (Wildman–Crippen LogP) is 3.53. The second-order valence-electron chi connectivity index (χ2n) is 6.44. The van der Waals surface area contributed by atoms with Gasteiger partial charge in [-0.3, -0.25) is 0 Å². The maximum absolute atomic E-state index is 9.48. The standard InChI is InChI=1S/C22H31N3O2/c1-4-12-27-21-13-17(3)10-11-19(21)15-25-22(23-5-2)24-14-18-8-6-7-9-20(18)16-26/h6-11,13,26H,4-5,12,14-16H2,1-3H3,(H2,23,24,25). The molecule has 0 unspecified atom stereocenters. The first-order valence-corrected chi connectivity index (χ1v) is 9.60. The van der Waals surface area contributed by atoms with Crippen LogP contribution in [0.25, 0.3) is 0 Å². The number of guanidine groups is 1. The Morgan fingerprint density at radius 3 is 2.52 bits per heavy atom. The molecule has 0 atom stereocenters. The molecule has 0 aromatic heterocycles. The number of rotatable bonds is 9. The zero-order valence-corrected chi connectivity index (χ0v) is 16.6. The lowest BCUT2D eigenvalue weighted by molar-refractivity contribution is 0.280. The van der Waals surface area contributed by atoms with Crippen LogP contribution in [0.3, 0.4) is 0 Å². The highest BCUT2D eigenvalue weighted by molar-refractivity contribution is 5.79. The number of aliphatic hydroxyl groups excluding tert-OH is 1. The van der Waals surface area contributed by atoms with E-state index in [1.807, 2.05) is 31.2 Å². The van der Waals surface area contributed by atoms with Crippen molar-refractivity contribution in [1.29, 1.82) is 0 Å². The van der Waals surface area contributed by atoms with E-state index in [4.69, 9.17) is 9.73 Å². The highest BCUT2D eigenvalue weighted by Crippen LogP contribution is 2.21. The first-order chi connectivity index (χ1) is 13.2. The van der Waals surface area contributed by atoms with Gasteiger partial charge in [0.2, 0.25) is 0 Å². The number of benzene rings is 2. The van der Waals surface area contributed by atoms with Gasteiger partial charge in [-0.15, -0.1) is 0 Å². The summed E-state index contributed by atoms with van der Waals surface area (Å²) in [6.07, 6.45) is 0.977. The van der Waals surface area contributed by atoms with Crippen molar-refractivity contribution in [3.63, 3.8) is 0 Å². The van der Waals surface area contributed by atoms with Crippen molar-refractivity contribution >= 4 is 5.96 Å². The quantitative estimate of drug-likeness (QED) is 0.467. The number of aliphatic imine (C=N–C) groups is 1. The van der Waals surface area contributed by atoms with Crippen molar-refractivity contribution in [1.82, 2.24) is 10.6 Å². The van der Waals surface area contributed by atoms with E-state index in [9.17, 15) is 5.11 Å². The molecule has 2 aromatic carbocycles. The normalized spacial score (nSPS) is 11.3. The lowest BCUT2D eigenvalue weighted by atomic mass is 10.1. The second-order valence-corrected chi connectivity index (χ2v) is 6.44. The highest BCUT2D eigenvalue weighted by atomic mass is 16.5. The zero-order valence-electron chi connectivity index (χ0n) is 16.6. The summed E-state index contributed by atoms with van der Waals surface area (Å²) in [6, 6.07) is 14.1. The molecule has 0 aliphatic rings. The predicted molar refractivity (Wildman–Crippen MR) is 111 cm³/mol. The van der Waals surface area contributed by atoms with Gasteiger partial charge in [0.25, 0.3) is 0 Å². The van der Waals surface area contributed by atoms with Gasteiger partial charge in [0.05, 0.1) is 19.8 Å². The fourth-order valence-corrected chi connectivity index (χ4v) is 2.71. The Bertz CT molecular complexity index is 744. The fourth-order valence-electron chi connectivity index (χ4n) is 2.71. The van der Waals surface area contributed by atoms with Gasteiger partial charge in [0.15, 0.2) is 5.96 Å². The third-order valence-electron chi connectivity index (χ3n) is 4.17. The van der Waals surface area contributed by atoms with E-state index in [-0.39, 0.29) is 6.61 Å². The lowest BCUT2D eigenvalue weighted by Crippen LogP contribution is -2.37. The Morgan fingerprint density at radius 1 is 1.04 bits per heavy atom. The van der Waals surface area contributed by atoms with E-state index in [0.717, 1.165) is 41.4 Å². The van der Waals surface area contributed by atoms with E-state index in [1.165, 1.54) is 5.56 Å². The summed E-state index contributed by atoms with van der Waals surface area (Å²) in [6.45, 7) is 8.87. The molecule has 0 aliphatic carbocycles. The molecule has 0 amide bonds. The van der Waals surface area contributed by atoms with Crippen LogP contribution in [0.2, 0.25) is 0 Å². The maximum atomic E-state index is 9.48. The van der Waals surface area contributed by atoms with E-state index in [0.29, 0.717) is 19.7 Å². The second kappa shape index (κ2) is 11.2. The Balaban J connectivity index is 2.09. The topological polar surface area (TPSA) is 65.9 Å². The average Bonchev–Trinajstić information content (AvgIpc) is 2.69. The van der Waals surface area contributed by atoms with Gasteiger partial charge in [0, 0.05) is 18.7 Å². The number of aliphatic hydroxyl groups is 1. The molecule has 146 valence electrons. The number of hydrogen-bond acceptors (Lipinski definition) is 3. The van der Waals surface area contributed by atoms with Gasteiger partial charge in [-0.2, -0.15) is 0 Å². The fraction of sp³-hybridized carbons (Fsp3) is 0.409. The molecular weight excluding hydrogens is 338 g/mol. The van der Waals surface area contributed by atoms with Crippen LogP contribution in [0.15, 0.2) is 47.5 Å². The summed E-state index contributed by atoms with van der Waals surface area (Å²) < 4.78 is 5.88. The molecule has 0 fully saturated rings. The largest absolute Gasteiger partial charge is 0.493 e. The smallest absolute Gasteiger partial charge is 0.191 e. The molecule has 0 bridgehead atoms. The monoisotopic (exact) mass is 369 g/mol. The van der Waals surface area contributed by atoms with Crippen molar-refractivity contribution in [2.45, 2.75) is 46.9 Å². The molecule has 3 N–H and O–H groups in total. The van der Waals surface area contributed by atoms with E-state index in [2.05, 4.69) is 42.7 Å². The molecular formula is C22H31N3O2. The van der Waals surface area contributed by atoms with Crippen LogP contribution in [0.1, 0.15) is 42.5 Å². The number of aryl methyl sites for hydroxylation is 1. The highest BCUT2D eigenvalue weighted by Gasteiger charge is 2.06. The van der Waals surface area contributed by atoms with Gasteiger partial charge < -0.3 is 20.5 Å². The number of nitrogens with one attached hydrogen (secondary N) is 2. The molecule has 0 aliphatic heterocycles. The molecule has 2 rings (SSSR count). The van der Waals surface area contributed by atoms with Crippen molar-refractivity contribution < 1.29 is 9.84 Å². The van der Waals surface area contributed by atoms with Gasteiger partial charge >= 0.3 is 0 Å². The van der Waals surface area contributed by atoms with Crippen LogP contribution in [-0.2, 0) is 19.7 Å². The molecule has 0 saturated heterocycles. The Kier molecular flexibility index (Phi) is 8.65. The summed E-state index contributed by atoms with van der Waals surface area (Å²) in [4.78, 5) is 4.70. The SMILES string of the molecule is CCCOc1cc(C)ccc1CN=C(NCC)NCc1ccccc1CO. The lowest BCUT2D eigenvalue weighted by Gasteiger charge is -2.14. The van der Waals surface area contributed by atoms with Crippen molar-refractivity contribution in [3.8, 4) is 5.75 Å². The molecule has 0 saturated carbocycles. The molecule has 0 heterocycles. The van der Waals surface area contributed by atoms with Gasteiger partial charge in [-0.05, 0) is 43.0 Å². The Hall–Kier alpha value is -2.53. The van der Waals surface area contributed by atoms with Crippen LogP contribution in [-0.4, -0.2) is 24.2 Å². The molecule has 5 nitrogen and oxygen atoms in total. The summed E-state index contributed by atoms with van der Waals surface area (Å²) in [5.74, 6) is 1.65. The minimum Gasteiger partial charge on any atom is -0.493 e. The summed E-state index contributed by atoms with van der Waals surface area (Å²) in [5, 5.41) is 16.1. The van der Waals surface area contributed by atoms with E-state index in [1.54, 1.807) is 0 Å². The summed E-state index contributed by atoms with van der Waals surface area (Å²) in [5.41, 5.74) is 4.24. The van der Waals surface area contributed by atoms with Crippen molar-refractivity contribution in [3.05, 3.63) is 64.7 Å². The van der Waals surface area contributed by atoms with Gasteiger partial charge in [-0.25, -0.2) is 4.99 Å². The minimum atomic E-state index is 0.0348. The molecule has 0 radical (unpaired) electrons. The van der Waals surface area contributed by atoms with Crippen LogP contribution in [0.5, 0.6) is 5.75 Å². The Morgan fingerprint density at radius 2 is 1.81 bits per heavy atom. The molecule has 2 aromatic rings. The van der Waals surface area contributed by atoms with Crippen LogP contribution in [0.4, 0.5) is 0 Å². The van der Waals surface area contributed by atoms with Crippen molar-refractivity contribution in [2.24, 2.45) is 4.99 Å². The number of nitrogens with zero attached hydrogens (tertiary/aromatic N) is 1. The summed E-state index contributed by atoms with van der Waals surface area (Å²) >= 11 is 0. The van der Waals surface area contributed by atoms with Gasteiger partial charge in [0.1, 0.15) is 5.75 Å². The maximum Gasteiger partial charge on any atom is 0.191 e. The van der Waals surface area contributed by atoms with E-state index >= 15 is 0 Å². The number of ether oxygens (including phenoxy) is 1. The molecule has 27 heavy (non-hydrogen) atoms. The van der Waals surface area contributed by atoms with Crippen LogP contribution >= 0.6 is 0 Å². The minimum absolute atomic E-state index is 0.0348. The number of hydrogen-bond donors (Lipinski definition) is 3. The van der Waals surface area contributed by atoms with Crippen molar-refractivity contribution in [2.75, 3.05) is 13.2 Å². The third kappa shape index (κ3) is 6.61.